The Kier molecular flexibility index (Phi) is 5.75. The molecule has 0 aliphatic heterocycles. The summed E-state index contributed by atoms with van der Waals surface area (Å²) in [5, 5.41) is 20.3. The van der Waals surface area contributed by atoms with Crippen LogP contribution in [0.15, 0.2) is 53.9 Å². The smallest absolute Gasteiger partial charge is 0.307 e. The van der Waals surface area contributed by atoms with Gasteiger partial charge in [-0.15, -0.1) is 0 Å². The molecule has 1 heterocycles. The number of aliphatic carboxylic acids is 1. The number of carboxylic acid groups (broad SMARTS) is 1. The summed E-state index contributed by atoms with van der Waals surface area (Å²) in [6.07, 6.45) is 4.18. The van der Waals surface area contributed by atoms with Gasteiger partial charge in [0.25, 0.3) is 0 Å². The number of pyridine rings is 1. The third-order valence-corrected chi connectivity index (χ3v) is 5.35. The van der Waals surface area contributed by atoms with E-state index in [0.717, 1.165) is 28.8 Å². The number of ether oxygens (including phenoxy) is 1. The highest BCUT2D eigenvalue weighted by molar-refractivity contribution is 5.82. The molecule has 3 rings (SSSR count). The Bertz CT molecular complexity index is 1010. The molecule has 0 fully saturated rings. The van der Waals surface area contributed by atoms with Crippen molar-refractivity contribution in [2.24, 2.45) is 5.73 Å². The van der Waals surface area contributed by atoms with Crippen molar-refractivity contribution in [2.45, 2.75) is 45.8 Å². The molecule has 0 radical (unpaired) electrons. The van der Waals surface area contributed by atoms with Crippen LogP contribution >= 0.6 is 0 Å². The lowest BCUT2D eigenvalue weighted by Crippen LogP contribution is -2.34. The molecule has 1 unspecified atom stereocenters. The highest BCUT2D eigenvalue weighted by atomic mass is 16.5. The molecule has 6 nitrogen and oxygen atoms in total. The number of nitrogens with zero attached hydrogens (tertiary/aromatic N) is 1. The van der Waals surface area contributed by atoms with Crippen LogP contribution in [-0.2, 0) is 24.2 Å². The van der Waals surface area contributed by atoms with E-state index in [0.29, 0.717) is 23.4 Å². The number of aliphatic hydroxyl groups is 1. The lowest BCUT2D eigenvalue weighted by molar-refractivity contribution is -0.136. The molecule has 0 amide bonds. The van der Waals surface area contributed by atoms with Gasteiger partial charge in [-0.25, -0.2) is 0 Å². The van der Waals surface area contributed by atoms with Gasteiger partial charge in [0.05, 0.1) is 12.1 Å². The Labute approximate surface area is 170 Å². The van der Waals surface area contributed by atoms with Gasteiger partial charge in [-0.3, -0.25) is 9.78 Å². The minimum absolute atomic E-state index is 0.0762. The first-order valence-electron chi connectivity index (χ1n) is 9.59. The zero-order valence-electron chi connectivity index (χ0n) is 16.9. The molecule has 152 valence electrons. The van der Waals surface area contributed by atoms with Gasteiger partial charge in [-0.2, -0.15) is 0 Å². The lowest BCUT2D eigenvalue weighted by Gasteiger charge is -2.30. The van der Waals surface area contributed by atoms with Crippen LogP contribution in [0.2, 0.25) is 0 Å². The van der Waals surface area contributed by atoms with Gasteiger partial charge in [-0.05, 0) is 61.2 Å². The topological polar surface area (TPSA) is 106 Å². The van der Waals surface area contributed by atoms with E-state index in [4.69, 9.17) is 10.5 Å². The van der Waals surface area contributed by atoms with Crippen LogP contribution in [0.5, 0.6) is 5.75 Å². The van der Waals surface area contributed by atoms with Crippen molar-refractivity contribution in [3.05, 3.63) is 76.3 Å². The molecule has 0 saturated heterocycles. The SMILES string of the molecule is CCc1ccc(CC(=O)O)c(OC2(C)C(C)=CC(c3ccnc(CN)c3)=C2O)c1. The van der Waals surface area contributed by atoms with Gasteiger partial charge < -0.3 is 20.7 Å². The molecule has 1 atom stereocenters. The van der Waals surface area contributed by atoms with Crippen LogP contribution in [0.4, 0.5) is 0 Å². The van der Waals surface area contributed by atoms with Crippen molar-refractivity contribution in [1.29, 1.82) is 0 Å². The predicted octanol–water partition coefficient (Wildman–Crippen LogP) is 3.80. The molecule has 0 bridgehead atoms. The molecular formula is C23H26N2O4. The van der Waals surface area contributed by atoms with Crippen LogP contribution in [0.1, 0.15) is 43.2 Å². The number of hydrogen-bond donors (Lipinski definition) is 3. The summed E-state index contributed by atoms with van der Waals surface area (Å²) in [7, 11) is 0. The number of aryl methyl sites for hydroxylation is 1. The molecule has 0 saturated carbocycles. The second kappa shape index (κ2) is 8.09. The Balaban J connectivity index is 2.03. The first-order valence-corrected chi connectivity index (χ1v) is 9.59. The van der Waals surface area contributed by atoms with Crippen LogP contribution in [0.3, 0.4) is 0 Å². The van der Waals surface area contributed by atoms with Crippen molar-refractivity contribution < 1.29 is 19.7 Å². The minimum atomic E-state index is -1.10. The number of allylic oxidation sites excluding steroid dienone is 2. The van der Waals surface area contributed by atoms with Crippen molar-refractivity contribution in [2.75, 3.05) is 0 Å². The summed E-state index contributed by atoms with van der Waals surface area (Å²) in [5.41, 5.74) is 9.19. The van der Waals surface area contributed by atoms with Gasteiger partial charge in [0.2, 0.25) is 0 Å². The summed E-state index contributed by atoms with van der Waals surface area (Å²) in [4.78, 5) is 15.5. The molecule has 1 aromatic carbocycles. The Hall–Kier alpha value is -3.12. The monoisotopic (exact) mass is 394 g/mol. The van der Waals surface area contributed by atoms with Crippen molar-refractivity contribution in [3.63, 3.8) is 0 Å². The number of carbonyl (C=O) groups is 1. The average molecular weight is 394 g/mol. The highest BCUT2D eigenvalue weighted by Gasteiger charge is 2.41. The highest BCUT2D eigenvalue weighted by Crippen LogP contribution is 2.42. The van der Waals surface area contributed by atoms with E-state index in [2.05, 4.69) is 4.98 Å². The summed E-state index contributed by atoms with van der Waals surface area (Å²) >= 11 is 0. The molecule has 6 heteroatoms. The second-order valence-corrected chi connectivity index (χ2v) is 7.33. The van der Waals surface area contributed by atoms with Gasteiger partial charge in [0.15, 0.2) is 5.60 Å². The van der Waals surface area contributed by atoms with Gasteiger partial charge in [-0.1, -0.05) is 19.1 Å². The second-order valence-electron chi connectivity index (χ2n) is 7.33. The number of rotatable bonds is 7. The van der Waals surface area contributed by atoms with E-state index in [-0.39, 0.29) is 12.2 Å². The molecule has 1 aliphatic rings. The zero-order chi connectivity index (χ0) is 21.2. The van der Waals surface area contributed by atoms with E-state index in [1.165, 1.54) is 0 Å². The summed E-state index contributed by atoms with van der Waals surface area (Å²) < 4.78 is 6.29. The number of carboxylic acids is 1. The number of aliphatic hydroxyl groups excluding tert-OH is 1. The fourth-order valence-electron chi connectivity index (χ4n) is 3.42. The average Bonchev–Trinajstić information content (AvgIpc) is 2.93. The predicted molar refractivity (Wildman–Crippen MR) is 112 cm³/mol. The van der Waals surface area contributed by atoms with Crippen LogP contribution in [-0.4, -0.2) is 26.8 Å². The normalized spacial score (nSPS) is 18.7. The van der Waals surface area contributed by atoms with Crippen LogP contribution < -0.4 is 10.5 Å². The van der Waals surface area contributed by atoms with Gasteiger partial charge in [0, 0.05) is 23.9 Å². The molecule has 4 N–H and O–H groups in total. The van der Waals surface area contributed by atoms with Crippen molar-refractivity contribution >= 4 is 11.5 Å². The number of aromatic nitrogens is 1. The van der Waals surface area contributed by atoms with Crippen molar-refractivity contribution in [3.8, 4) is 5.75 Å². The Morgan fingerprint density at radius 2 is 2.03 bits per heavy atom. The number of nitrogens with two attached hydrogens (primary N) is 1. The molecule has 1 aromatic heterocycles. The first kappa shape index (κ1) is 20.6. The first-order chi connectivity index (χ1) is 13.8. The zero-order valence-corrected chi connectivity index (χ0v) is 16.9. The van der Waals surface area contributed by atoms with E-state index in [1.54, 1.807) is 19.2 Å². The molecule has 2 aromatic rings. The summed E-state index contributed by atoms with van der Waals surface area (Å²) in [5.74, 6) is -0.394. The van der Waals surface area contributed by atoms with Gasteiger partial charge >= 0.3 is 5.97 Å². The summed E-state index contributed by atoms with van der Waals surface area (Å²) in [6.45, 7) is 6.00. The van der Waals surface area contributed by atoms with Crippen LogP contribution in [0, 0.1) is 0 Å². The fraction of sp³-hybridized carbons (Fsp3) is 0.304. The molecule has 1 aliphatic carbocycles. The van der Waals surface area contributed by atoms with Gasteiger partial charge in [0.1, 0.15) is 11.5 Å². The molecular weight excluding hydrogens is 368 g/mol. The maximum atomic E-state index is 11.3. The lowest BCUT2D eigenvalue weighted by atomic mass is 9.97. The van der Waals surface area contributed by atoms with E-state index < -0.39 is 11.6 Å². The third kappa shape index (κ3) is 4.03. The third-order valence-electron chi connectivity index (χ3n) is 5.35. The van der Waals surface area contributed by atoms with E-state index >= 15 is 0 Å². The number of benzene rings is 1. The van der Waals surface area contributed by atoms with Crippen LogP contribution in [0.25, 0.3) is 5.57 Å². The Morgan fingerprint density at radius 1 is 1.28 bits per heavy atom. The fourth-order valence-corrected chi connectivity index (χ4v) is 3.42. The quantitative estimate of drug-likeness (QED) is 0.660. The minimum Gasteiger partial charge on any atom is -0.507 e. The largest absolute Gasteiger partial charge is 0.507 e. The van der Waals surface area contributed by atoms with E-state index in [9.17, 15) is 15.0 Å². The maximum Gasteiger partial charge on any atom is 0.307 e. The Morgan fingerprint density at radius 3 is 2.69 bits per heavy atom. The maximum absolute atomic E-state index is 11.3. The summed E-state index contributed by atoms with van der Waals surface area (Å²) in [6, 6.07) is 9.18. The van der Waals surface area contributed by atoms with E-state index in [1.807, 2.05) is 44.2 Å². The standard InChI is InChI=1S/C23H26N2O4/c1-4-15-5-6-17(12-21(26)27)20(10-15)29-23(3)14(2)9-19(22(23)28)16-7-8-25-18(11-16)13-24/h5-11,28H,4,12-13,24H2,1-3H3,(H,26,27). The van der Waals surface area contributed by atoms with Crippen molar-refractivity contribution in [1.82, 2.24) is 4.98 Å². The number of hydrogen-bond acceptors (Lipinski definition) is 5. The molecule has 29 heavy (non-hydrogen) atoms. The molecule has 0 spiro atoms.